The number of ether oxygens (including phenoxy) is 1. The van der Waals surface area contributed by atoms with Crippen molar-refractivity contribution in [2.24, 2.45) is 0 Å². The average Bonchev–Trinajstić information content (AvgIpc) is 2.19. The molecule has 82 valence electrons. The number of terminal acetylenes is 1. The van der Waals surface area contributed by atoms with Gasteiger partial charge in [-0.2, -0.15) is 0 Å². The maximum atomic E-state index is 10.7. The highest BCUT2D eigenvalue weighted by Crippen LogP contribution is 2.05. The van der Waals surface area contributed by atoms with Crippen molar-refractivity contribution < 1.29 is 9.53 Å². The average molecular weight is 207 g/mol. The topological polar surface area (TPSA) is 29.5 Å². The van der Waals surface area contributed by atoms with Gasteiger partial charge in [0.05, 0.1) is 12.2 Å². The van der Waals surface area contributed by atoms with Gasteiger partial charge in [0.15, 0.2) is 6.29 Å². The van der Waals surface area contributed by atoms with Gasteiger partial charge in [0.1, 0.15) is 0 Å². The Morgan fingerprint density at radius 1 is 1.53 bits per heavy atom. The van der Waals surface area contributed by atoms with Gasteiger partial charge in [-0.05, 0) is 19.7 Å². The number of hydrogen-bond acceptors (Lipinski definition) is 3. The van der Waals surface area contributed by atoms with Crippen LogP contribution in [0.15, 0.2) is 23.3 Å². The van der Waals surface area contributed by atoms with E-state index in [1.807, 2.05) is 31.1 Å². The summed E-state index contributed by atoms with van der Waals surface area (Å²) in [5.74, 6) is 2.38. The van der Waals surface area contributed by atoms with Crippen LogP contribution < -0.4 is 0 Å². The van der Waals surface area contributed by atoms with Crippen molar-refractivity contribution in [3.63, 3.8) is 0 Å². The molecule has 0 aliphatic heterocycles. The van der Waals surface area contributed by atoms with Crippen LogP contribution in [-0.2, 0) is 9.53 Å². The Morgan fingerprint density at radius 3 is 2.60 bits per heavy atom. The van der Waals surface area contributed by atoms with Crippen molar-refractivity contribution in [2.45, 2.75) is 0 Å². The van der Waals surface area contributed by atoms with Crippen molar-refractivity contribution >= 4 is 6.29 Å². The van der Waals surface area contributed by atoms with Crippen LogP contribution in [0.25, 0.3) is 0 Å². The zero-order valence-electron chi connectivity index (χ0n) is 9.49. The third-order valence-corrected chi connectivity index (χ3v) is 1.69. The van der Waals surface area contributed by atoms with Crippen LogP contribution >= 0.6 is 0 Å². The monoisotopic (exact) mass is 207 g/mol. The van der Waals surface area contributed by atoms with E-state index in [0.29, 0.717) is 25.0 Å². The maximum Gasteiger partial charge on any atom is 0.158 e. The van der Waals surface area contributed by atoms with Crippen LogP contribution in [0.2, 0.25) is 0 Å². The molecule has 15 heavy (non-hydrogen) atoms. The zero-order chi connectivity index (χ0) is 11.7. The molecule has 0 amide bonds. The number of nitrogens with zero attached hydrogens (tertiary/aromatic N) is 1. The first-order valence-corrected chi connectivity index (χ1v) is 4.60. The highest BCUT2D eigenvalue weighted by atomic mass is 16.5. The molecular weight excluding hydrogens is 190 g/mol. The Bertz CT molecular complexity index is 295. The van der Waals surface area contributed by atoms with E-state index in [9.17, 15) is 4.79 Å². The molecule has 0 radical (unpaired) electrons. The van der Waals surface area contributed by atoms with E-state index >= 15 is 0 Å². The molecule has 0 aliphatic carbocycles. The Hall–Kier alpha value is -1.37. The lowest BCUT2D eigenvalue weighted by atomic mass is 10.1. The Balaban J connectivity index is 4.80. The molecule has 0 aromatic carbocycles. The van der Waals surface area contributed by atoms with Crippen LogP contribution in [-0.4, -0.2) is 45.5 Å². The van der Waals surface area contributed by atoms with Gasteiger partial charge < -0.3 is 9.64 Å². The Kier molecular flexibility index (Phi) is 7.25. The summed E-state index contributed by atoms with van der Waals surface area (Å²) < 4.78 is 4.88. The lowest BCUT2D eigenvalue weighted by Gasteiger charge is -2.11. The van der Waals surface area contributed by atoms with Crippen molar-refractivity contribution in [1.82, 2.24) is 4.90 Å². The molecule has 3 nitrogen and oxygen atoms in total. The number of allylic oxidation sites excluding steroid dienone is 1. The minimum atomic E-state index is 0.385. The number of carbonyl (C=O) groups is 1. The molecule has 0 fully saturated rings. The van der Waals surface area contributed by atoms with Gasteiger partial charge in [-0.3, -0.25) is 4.79 Å². The van der Waals surface area contributed by atoms with Crippen LogP contribution in [0, 0.1) is 12.3 Å². The summed E-state index contributed by atoms with van der Waals surface area (Å²) in [6, 6.07) is 0. The molecule has 0 unspecified atom stereocenters. The van der Waals surface area contributed by atoms with Gasteiger partial charge >= 0.3 is 0 Å². The summed E-state index contributed by atoms with van der Waals surface area (Å²) in [4.78, 5) is 12.7. The highest BCUT2D eigenvalue weighted by molar-refractivity contribution is 5.82. The van der Waals surface area contributed by atoms with E-state index in [0.717, 1.165) is 5.57 Å². The maximum absolute atomic E-state index is 10.7. The van der Waals surface area contributed by atoms with E-state index < -0.39 is 0 Å². The quantitative estimate of drug-likeness (QED) is 0.280. The molecule has 0 atom stereocenters. The van der Waals surface area contributed by atoms with Gasteiger partial charge in [-0.1, -0.05) is 18.1 Å². The van der Waals surface area contributed by atoms with Gasteiger partial charge in [-0.15, -0.1) is 6.42 Å². The summed E-state index contributed by atoms with van der Waals surface area (Å²) in [5.41, 5.74) is 1.21. The summed E-state index contributed by atoms with van der Waals surface area (Å²) in [6.07, 6.45) is 9.61. The molecular formula is C12H17NO2. The van der Waals surface area contributed by atoms with E-state index in [1.54, 1.807) is 7.11 Å². The van der Waals surface area contributed by atoms with E-state index in [2.05, 4.69) is 5.92 Å². The predicted molar refractivity (Wildman–Crippen MR) is 61.5 cm³/mol. The minimum absolute atomic E-state index is 0.385. The molecule has 0 aromatic heterocycles. The second kappa shape index (κ2) is 7.98. The first-order valence-electron chi connectivity index (χ1n) is 4.60. The largest absolute Gasteiger partial charge is 0.381 e. The van der Waals surface area contributed by atoms with E-state index in [-0.39, 0.29) is 0 Å². The highest BCUT2D eigenvalue weighted by Gasteiger charge is 2.02. The standard InChI is InChI=1S/C12H17NO2/c1-5-11(10-14)12(9-13(2)3)7-6-8-15-4/h1,6-7,10H,8-9H2,2-4H3/b7-6-,12-11-. The summed E-state index contributed by atoms with van der Waals surface area (Å²) in [7, 11) is 5.45. The van der Waals surface area contributed by atoms with Gasteiger partial charge in [0, 0.05) is 13.7 Å². The summed E-state index contributed by atoms with van der Waals surface area (Å²) >= 11 is 0. The van der Waals surface area contributed by atoms with Crippen LogP contribution in [0.3, 0.4) is 0 Å². The third kappa shape index (κ3) is 5.84. The number of rotatable bonds is 6. The number of methoxy groups -OCH3 is 1. The molecule has 0 aromatic rings. The fourth-order valence-corrected chi connectivity index (χ4v) is 1.06. The number of carbonyl (C=O) groups excluding carboxylic acids is 1. The predicted octanol–water partition coefficient (Wildman–Crippen LogP) is 0.879. The molecule has 0 saturated carbocycles. The fourth-order valence-electron chi connectivity index (χ4n) is 1.06. The molecule has 0 spiro atoms. The van der Waals surface area contributed by atoms with Crippen molar-refractivity contribution in [2.75, 3.05) is 34.4 Å². The minimum Gasteiger partial charge on any atom is -0.381 e. The van der Waals surface area contributed by atoms with Crippen LogP contribution in [0.1, 0.15) is 0 Å². The summed E-state index contributed by atoms with van der Waals surface area (Å²) in [5, 5.41) is 0. The summed E-state index contributed by atoms with van der Waals surface area (Å²) in [6.45, 7) is 1.14. The lowest BCUT2D eigenvalue weighted by Crippen LogP contribution is -2.15. The van der Waals surface area contributed by atoms with Crippen molar-refractivity contribution in [3.05, 3.63) is 23.3 Å². The second-order valence-electron chi connectivity index (χ2n) is 3.30. The molecule has 0 heterocycles. The molecule has 0 saturated heterocycles. The number of likely N-dealkylation sites (N-methyl/N-ethyl adjacent to an activating group) is 1. The van der Waals surface area contributed by atoms with Gasteiger partial charge in [-0.25, -0.2) is 0 Å². The first-order chi connectivity index (χ1) is 7.15. The third-order valence-electron chi connectivity index (χ3n) is 1.69. The molecule has 0 N–H and O–H groups in total. The molecule has 3 heteroatoms. The van der Waals surface area contributed by atoms with E-state index in [1.165, 1.54) is 0 Å². The first kappa shape index (κ1) is 13.6. The van der Waals surface area contributed by atoms with Crippen LogP contribution in [0.4, 0.5) is 0 Å². The Labute approximate surface area is 91.4 Å². The van der Waals surface area contributed by atoms with Crippen molar-refractivity contribution in [3.8, 4) is 12.3 Å². The van der Waals surface area contributed by atoms with E-state index in [4.69, 9.17) is 11.2 Å². The zero-order valence-corrected chi connectivity index (χ0v) is 9.49. The normalized spacial score (nSPS) is 12.7. The number of aldehydes is 1. The smallest absolute Gasteiger partial charge is 0.158 e. The molecule has 0 aliphatic rings. The van der Waals surface area contributed by atoms with Gasteiger partial charge in [0.25, 0.3) is 0 Å². The SMILES string of the molecule is C#C/C(C=O)=C(\C=C/COC)CN(C)C. The fraction of sp³-hybridized carbons (Fsp3) is 0.417. The van der Waals surface area contributed by atoms with Gasteiger partial charge in [0.2, 0.25) is 0 Å². The van der Waals surface area contributed by atoms with Crippen LogP contribution in [0.5, 0.6) is 0 Å². The second-order valence-corrected chi connectivity index (χ2v) is 3.30. The molecule has 0 bridgehead atoms. The Morgan fingerprint density at radius 2 is 2.20 bits per heavy atom. The lowest BCUT2D eigenvalue weighted by molar-refractivity contribution is -0.104. The molecule has 0 rings (SSSR count). The number of hydrogen-bond donors (Lipinski definition) is 0. The van der Waals surface area contributed by atoms with Crippen molar-refractivity contribution in [1.29, 1.82) is 0 Å².